The van der Waals surface area contributed by atoms with E-state index in [1.54, 1.807) is 30.3 Å². The third-order valence-electron chi connectivity index (χ3n) is 4.82. The van der Waals surface area contributed by atoms with Gasteiger partial charge < -0.3 is 9.47 Å². The van der Waals surface area contributed by atoms with E-state index in [2.05, 4.69) is 9.62 Å². The van der Waals surface area contributed by atoms with Crippen LogP contribution >= 0.6 is 0 Å². The first-order valence-corrected chi connectivity index (χ1v) is 10.6. The normalized spacial score (nSPS) is 16.7. The van der Waals surface area contributed by atoms with Crippen LogP contribution in [0, 0.1) is 12.7 Å². The Bertz CT molecular complexity index is 897. The molecule has 1 fully saturated rings. The molecule has 1 N–H and O–H groups in total. The number of morpholine rings is 1. The number of rotatable bonds is 7. The SMILES string of the molecule is COc1ccc(C)cc1S(=O)(=O)NCC(c1ccc(F)cc1)N1CCOCC1. The Balaban J connectivity index is 1.84. The molecule has 1 unspecified atom stereocenters. The standard InChI is InChI=1S/C20H25FN2O4S/c1-15-3-8-19(26-2)20(13-15)28(24,25)22-14-18(23-9-11-27-12-10-23)16-4-6-17(21)7-5-16/h3-8,13,18,22H,9-12,14H2,1-2H3. The smallest absolute Gasteiger partial charge is 0.244 e. The zero-order chi connectivity index (χ0) is 20.1. The summed E-state index contributed by atoms with van der Waals surface area (Å²) in [5, 5.41) is 0. The number of halogens is 1. The maximum atomic E-state index is 13.4. The summed E-state index contributed by atoms with van der Waals surface area (Å²) < 4.78 is 52.6. The van der Waals surface area contributed by atoms with E-state index in [0.29, 0.717) is 32.1 Å². The fourth-order valence-electron chi connectivity index (χ4n) is 3.29. The van der Waals surface area contributed by atoms with Gasteiger partial charge in [-0.15, -0.1) is 0 Å². The number of nitrogens with one attached hydrogen (secondary N) is 1. The van der Waals surface area contributed by atoms with E-state index in [9.17, 15) is 12.8 Å². The molecule has 1 aliphatic heterocycles. The van der Waals surface area contributed by atoms with Gasteiger partial charge in [-0.1, -0.05) is 18.2 Å². The summed E-state index contributed by atoms with van der Waals surface area (Å²) in [6, 6.07) is 11.0. The van der Waals surface area contributed by atoms with Crippen molar-refractivity contribution in [3.8, 4) is 5.75 Å². The maximum Gasteiger partial charge on any atom is 0.244 e. The van der Waals surface area contributed by atoms with Crippen molar-refractivity contribution in [2.75, 3.05) is 40.0 Å². The number of hydrogen-bond donors (Lipinski definition) is 1. The van der Waals surface area contributed by atoms with Gasteiger partial charge in [0.2, 0.25) is 10.0 Å². The number of hydrogen-bond acceptors (Lipinski definition) is 5. The number of methoxy groups -OCH3 is 1. The quantitative estimate of drug-likeness (QED) is 0.763. The van der Waals surface area contributed by atoms with Crippen LogP contribution < -0.4 is 9.46 Å². The van der Waals surface area contributed by atoms with Crippen molar-refractivity contribution in [3.05, 3.63) is 59.4 Å². The van der Waals surface area contributed by atoms with Crippen LogP contribution in [0.2, 0.25) is 0 Å². The molecule has 8 heteroatoms. The maximum absolute atomic E-state index is 13.4. The van der Waals surface area contributed by atoms with Crippen molar-refractivity contribution in [2.24, 2.45) is 0 Å². The molecule has 2 aromatic carbocycles. The third-order valence-corrected chi connectivity index (χ3v) is 6.26. The molecule has 0 amide bonds. The highest BCUT2D eigenvalue weighted by Gasteiger charge is 2.26. The van der Waals surface area contributed by atoms with Gasteiger partial charge in [0.15, 0.2) is 0 Å². The van der Waals surface area contributed by atoms with Gasteiger partial charge in [0.05, 0.1) is 20.3 Å². The van der Waals surface area contributed by atoms with E-state index >= 15 is 0 Å². The zero-order valence-electron chi connectivity index (χ0n) is 16.0. The molecule has 0 radical (unpaired) electrons. The van der Waals surface area contributed by atoms with Crippen molar-refractivity contribution in [2.45, 2.75) is 17.9 Å². The van der Waals surface area contributed by atoms with Crippen LogP contribution in [0.3, 0.4) is 0 Å². The van der Waals surface area contributed by atoms with Crippen LogP contribution in [0.15, 0.2) is 47.4 Å². The molecule has 2 aromatic rings. The average molecular weight is 408 g/mol. The van der Waals surface area contributed by atoms with Gasteiger partial charge in [-0.05, 0) is 42.3 Å². The Kier molecular flexibility index (Phi) is 6.66. The first-order valence-electron chi connectivity index (χ1n) is 9.12. The number of sulfonamides is 1. The van der Waals surface area contributed by atoms with Crippen molar-refractivity contribution in [1.29, 1.82) is 0 Å². The second-order valence-corrected chi connectivity index (χ2v) is 8.46. The Labute approximate surface area is 165 Å². The van der Waals surface area contributed by atoms with E-state index in [1.807, 2.05) is 6.92 Å². The minimum Gasteiger partial charge on any atom is -0.495 e. The number of nitrogens with zero attached hydrogens (tertiary/aromatic N) is 1. The summed E-state index contributed by atoms with van der Waals surface area (Å²) in [5.41, 5.74) is 1.67. The number of benzene rings is 2. The number of aryl methyl sites for hydroxylation is 1. The topological polar surface area (TPSA) is 67.9 Å². The Hall–Kier alpha value is -2.00. The molecule has 3 rings (SSSR count). The largest absolute Gasteiger partial charge is 0.495 e. The lowest BCUT2D eigenvalue weighted by molar-refractivity contribution is 0.0172. The summed E-state index contributed by atoms with van der Waals surface area (Å²) in [5.74, 6) is -0.0302. The minimum atomic E-state index is -3.78. The van der Waals surface area contributed by atoms with Gasteiger partial charge in [0.1, 0.15) is 16.5 Å². The minimum absolute atomic E-state index is 0.106. The van der Waals surface area contributed by atoms with E-state index in [-0.39, 0.29) is 23.3 Å². The highest BCUT2D eigenvalue weighted by Crippen LogP contribution is 2.26. The van der Waals surface area contributed by atoms with Gasteiger partial charge in [0, 0.05) is 25.7 Å². The molecular weight excluding hydrogens is 383 g/mol. The van der Waals surface area contributed by atoms with E-state index in [0.717, 1.165) is 11.1 Å². The lowest BCUT2D eigenvalue weighted by Gasteiger charge is -2.35. The van der Waals surface area contributed by atoms with E-state index < -0.39 is 10.0 Å². The number of ether oxygens (including phenoxy) is 2. The highest BCUT2D eigenvalue weighted by molar-refractivity contribution is 7.89. The summed E-state index contributed by atoms with van der Waals surface area (Å²) >= 11 is 0. The molecule has 6 nitrogen and oxygen atoms in total. The van der Waals surface area contributed by atoms with Crippen LogP contribution in [0.25, 0.3) is 0 Å². The molecule has 0 spiro atoms. The van der Waals surface area contributed by atoms with E-state index in [4.69, 9.17) is 9.47 Å². The van der Waals surface area contributed by atoms with Gasteiger partial charge in [-0.2, -0.15) is 0 Å². The first kappa shape index (κ1) is 20.7. The second-order valence-electron chi connectivity index (χ2n) is 6.72. The average Bonchev–Trinajstić information content (AvgIpc) is 2.70. The Morgan fingerprint density at radius 1 is 1.18 bits per heavy atom. The predicted octanol–water partition coefficient (Wildman–Crippen LogP) is 2.49. The molecule has 1 aliphatic rings. The molecule has 0 saturated carbocycles. The molecule has 1 atom stereocenters. The first-order chi connectivity index (χ1) is 13.4. The molecule has 152 valence electrons. The Morgan fingerprint density at radius 3 is 2.50 bits per heavy atom. The van der Waals surface area contributed by atoms with Gasteiger partial charge >= 0.3 is 0 Å². The van der Waals surface area contributed by atoms with Crippen molar-refractivity contribution >= 4 is 10.0 Å². The lowest BCUT2D eigenvalue weighted by Crippen LogP contribution is -2.43. The fourth-order valence-corrected chi connectivity index (χ4v) is 4.58. The second kappa shape index (κ2) is 9.00. The summed E-state index contributed by atoms with van der Waals surface area (Å²) in [6.07, 6.45) is 0. The van der Waals surface area contributed by atoms with Crippen molar-refractivity contribution in [1.82, 2.24) is 9.62 Å². The van der Waals surface area contributed by atoms with Crippen LogP contribution in [-0.4, -0.2) is 53.3 Å². The zero-order valence-corrected chi connectivity index (χ0v) is 16.8. The van der Waals surface area contributed by atoms with Crippen LogP contribution in [-0.2, 0) is 14.8 Å². The van der Waals surface area contributed by atoms with Gasteiger partial charge in [-0.25, -0.2) is 17.5 Å². The molecule has 1 saturated heterocycles. The van der Waals surface area contributed by atoms with Crippen LogP contribution in [0.1, 0.15) is 17.2 Å². The molecule has 0 aliphatic carbocycles. The van der Waals surface area contributed by atoms with Crippen LogP contribution in [0.4, 0.5) is 4.39 Å². The fraction of sp³-hybridized carbons (Fsp3) is 0.400. The molecule has 1 heterocycles. The molecule has 0 bridgehead atoms. The molecular formula is C20H25FN2O4S. The van der Waals surface area contributed by atoms with Gasteiger partial charge in [-0.3, -0.25) is 4.90 Å². The van der Waals surface area contributed by atoms with Crippen LogP contribution in [0.5, 0.6) is 5.75 Å². The summed E-state index contributed by atoms with van der Waals surface area (Å²) in [7, 11) is -2.34. The molecule has 0 aromatic heterocycles. The summed E-state index contributed by atoms with van der Waals surface area (Å²) in [4.78, 5) is 2.25. The molecule has 28 heavy (non-hydrogen) atoms. The summed E-state index contributed by atoms with van der Waals surface area (Å²) in [6.45, 7) is 4.50. The highest BCUT2D eigenvalue weighted by atomic mass is 32.2. The van der Waals surface area contributed by atoms with E-state index in [1.165, 1.54) is 19.2 Å². The third kappa shape index (κ3) is 4.88. The van der Waals surface area contributed by atoms with Crippen molar-refractivity contribution in [3.63, 3.8) is 0 Å². The monoisotopic (exact) mass is 408 g/mol. The predicted molar refractivity (Wildman–Crippen MR) is 104 cm³/mol. The van der Waals surface area contributed by atoms with Crippen molar-refractivity contribution < 1.29 is 22.3 Å². The lowest BCUT2D eigenvalue weighted by atomic mass is 10.0. The van der Waals surface area contributed by atoms with Gasteiger partial charge in [0.25, 0.3) is 0 Å². The Morgan fingerprint density at radius 2 is 1.86 bits per heavy atom.